The van der Waals surface area contributed by atoms with Gasteiger partial charge in [-0.15, -0.1) is 0 Å². The van der Waals surface area contributed by atoms with E-state index in [1.54, 1.807) is 12.2 Å². The van der Waals surface area contributed by atoms with E-state index in [1.807, 2.05) is 6.08 Å². The van der Waals surface area contributed by atoms with Crippen molar-refractivity contribution >= 4 is 5.91 Å². The van der Waals surface area contributed by atoms with Gasteiger partial charge in [0.05, 0.1) is 25.4 Å². The minimum absolute atomic E-state index is 0.202. The zero-order valence-corrected chi connectivity index (χ0v) is 26.2. The third-order valence-corrected chi connectivity index (χ3v) is 7.83. The molecule has 0 aromatic heterocycles. The van der Waals surface area contributed by atoms with Crippen LogP contribution in [0.15, 0.2) is 24.3 Å². The molecule has 0 radical (unpaired) electrons. The lowest BCUT2D eigenvalue weighted by Crippen LogP contribution is -2.60. The summed E-state index contributed by atoms with van der Waals surface area (Å²) in [4.78, 5) is 12.7. The average Bonchev–Trinajstić information content (AvgIpc) is 2.98. The van der Waals surface area contributed by atoms with Crippen molar-refractivity contribution in [2.75, 3.05) is 13.2 Å². The summed E-state index contributed by atoms with van der Waals surface area (Å²) in [5, 5.41) is 53.5. The predicted molar refractivity (Wildman–Crippen MR) is 166 cm³/mol. The maximum absolute atomic E-state index is 12.7. The van der Waals surface area contributed by atoms with Gasteiger partial charge in [0.2, 0.25) is 5.91 Å². The Labute approximate surface area is 254 Å². The number of aliphatic hydroxyl groups is 5. The zero-order chi connectivity index (χ0) is 31.0. The Morgan fingerprint density at radius 1 is 0.810 bits per heavy atom. The van der Waals surface area contributed by atoms with Crippen LogP contribution in [0.3, 0.4) is 0 Å². The Hall–Kier alpha value is -1.33. The molecule has 1 fully saturated rings. The molecule has 0 spiro atoms. The van der Waals surface area contributed by atoms with Crippen molar-refractivity contribution < 1.29 is 39.8 Å². The van der Waals surface area contributed by atoms with Crippen molar-refractivity contribution in [3.63, 3.8) is 0 Å². The van der Waals surface area contributed by atoms with Crippen LogP contribution < -0.4 is 5.32 Å². The summed E-state index contributed by atoms with van der Waals surface area (Å²) in [5.41, 5.74) is 0. The summed E-state index contributed by atoms with van der Waals surface area (Å²) in [6.07, 6.45) is 18.2. The molecular weight excluding hydrogens is 538 g/mol. The van der Waals surface area contributed by atoms with Gasteiger partial charge >= 0.3 is 0 Å². The molecule has 0 bridgehead atoms. The average molecular weight is 600 g/mol. The molecule has 0 aromatic rings. The van der Waals surface area contributed by atoms with Crippen LogP contribution in [-0.2, 0) is 14.3 Å². The molecule has 7 atom stereocenters. The lowest BCUT2D eigenvalue weighted by molar-refractivity contribution is -0.302. The maximum Gasteiger partial charge on any atom is 0.220 e. The van der Waals surface area contributed by atoms with Gasteiger partial charge in [0, 0.05) is 6.42 Å². The molecule has 42 heavy (non-hydrogen) atoms. The smallest absolute Gasteiger partial charge is 0.220 e. The summed E-state index contributed by atoms with van der Waals surface area (Å²) in [7, 11) is 0. The van der Waals surface area contributed by atoms with Gasteiger partial charge in [-0.1, -0.05) is 122 Å². The third kappa shape index (κ3) is 17.1. The molecule has 2 unspecified atom stereocenters. The number of hydrogen-bond acceptors (Lipinski definition) is 8. The minimum atomic E-state index is -1.57. The number of aliphatic hydroxyl groups excluding tert-OH is 5. The van der Waals surface area contributed by atoms with Gasteiger partial charge in [0.15, 0.2) is 6.29 Å². The highest BCUT2D eigenvalue weighted by molar-refractivity contribution is 5.76. The van der Waals surface area contributed by atoms with Crippen LogP contribution in [0.4, 0.5) is 0 Å². The number of allylic oxidation sites excluding steroid dienone is 3. The number of unbranched alkanes of at least 4 members (excludes halogenated alkanes) is 14. The van der Waals surface area contributed by atoms with Crippen LogP contribution in [0.1, 0.15) is 123 Å². The van der Waals surface area contributed by atoms with Crippen molar-refractivity contribution in [3.05, 3.63) is 24.3 Å². The fourth-order valence-electron chi connectivity index (χ4n) is 5.03. The van der Waals surface area contributed by atoms with Crippen molar-refractivity contribution in [1.82, 2.24) is 5.32 Å². The SMILES string of the molecule is CCCCCCCC/C=C/C=C/[C@@H](O)[C@H](CO[C@@H]1O[C@H](CO)[C@@H](O)C(O)C1O)NC(=O)CCCCCCCCCCC. The second-order valence-electron chi connectivity index (χ2n) is 11.6. The van der Waals surface area contributed by atoms with E-state index in [9.17, 15) is 30.3 Å². The van der Waals surface area contributed by atoms with Crippen LogP contribution in [0.2, 0.25) is 0 Å². The van der Waals surface area contributed by atoms with Crippen LogP contribution in [0.5, 0.6) is 0 Å². The van der Waals surface area contributed by atoms with E-state index < -0.39 is 49.5 Å². The quantitative estimate of drug-likeness (QED) is 0.0667. The lowest BCUT2D eigenvalue weighted by Gasteiger charge is -2.40. The molecule has 9 heteroatoms. The Bertz CT molecular complexity index is 716. The Kier molecular flexibility index (Phi) is 23.1. The molecule has 1 amide bonds. The number of ether oxygens (including phenoxy) is 2. The first kappa shape index (κ1) is 38.7. The van der Waals surface area contributed by atoms with Gasteiger partial charge in [-0.25, -0.2) is 0 Å². The number of carbonyl (C=O) groups is 1. The number of rotatable bonds is 25. The number of hydrogen-bond donors (Lipinski definition) is 6. The molecule has 0 saturated carbocycles. The van der Waals surface area contributed by atoms with E-state index in [-0.39, 0.29) is 12.5 Å². The first-order chi connectivity index (χ1) is 20.3. The highest BCUT2D eigenvalue weighted by Crippen LogP contribution is 2.22. The van der Waals surface area contributed by atoms with Crippen molar-refractivity contribution in [2.45, 2.75) is 166 Å². The molecular formula is C33H61NO8. The molecule has 6 N–H and O–H groups in total. The van der Waals surface area contributed by atoms with Crippen molar-refractivity contribution in [1.29, 1.82) is 0 Å². The number of nitrogens with one attached hydrogen (secondary N) is 1. The van der Waals surface area contributed by atoms with Crippen LogP contribution >= 0.6 is 0 Å². The van der Waals surface area contributed by atoms with Crippen LogP contribution in [-0.4, -0.2) is 87.5 Å². The summed E-state index contributed by atoms with van der Waals surface area (Å²) >= 11 is 0. The maximum atomic E-state index is 12.7. The van der Waals surface area contributed by atoms with Crippen LogP contribution in [0, 0.1) is 0 Å². The fraction of sp³-hybridized carbons (Fsp3) is 0.848. The molecule has 1 heterocycles. The first-order valence-corrected chi connectivity index (χ1v) is 16.6. The molecule has 1 aliphatic rings. The van der Waals surface area contributed by atoms with Gasteiger partial charge < -0.3 is 40.3 Å². The molecule has 0 aliphatic carbocycles. The Morgan fingerprint density at radius 2 is 1.38 bits per heavy atom. The second kappa shape index (κ2) is 25.0. The van der Waals surface area contributed by atoms with Gasteiger partial charge in [0.1, 0.15) is 24.4 Å². The summed E-state index contributed by atoms with van der Waals surface area (Å²) < 4.78 is 11.1. The molecule has 1 rings (SSSR count). The normalized spacial score (nSPS) is 24.4. The molecule has 246 valence electrons. The van der Waals surface area contributed by atoms with Gasteiger partial charge in [0.25, 0.3) is 0 Å². The van der Waals surface area contributed by atoms with E-state index in [0.717, 1.165) is 32.1 Å². The van der Waals surface area contributed by atoms with E-state index in [4.69, 9.17) is 9.47 Å². The molecule has 0 aromatic carbocycles. The molecule has 9 nitrogen and oxygen atoms in total. The largest absolute Gasteiger partial charge is 0.394 e. The minimum Gasteiger partial charge on any atom is -0.394 e. The third-order valence-electron chi connectivity index (χ3n) is 7.83. The first-order valence-electron chi connectivity index (χ1n) is 16.6. The van der Waals surface area contributed by atoms with E-state index in [0.29, 0.717) is 6.42 Å². The summed E-state index contributed by atoms with van der Waals surface area (Å²) in [6, 6.07) is -0.827. The van der Waals surface area contributed by atoms with Crippen molar-refractivity contribution in [3.8, 4) is 0 Å². The highest BCUT2D eigenvalue weighted by atomic mass is 16.7. The van der Waals surface area contributed by atoms with E-state index in [2.05, 4.69) is 25.2 Å². The van der Waals surface area contributed by atoms with Crippen molar-refractivity contribution in [2.24, 2.45) is 0 Å². The topological polar surface area (TPSA) is 149 Å². The fourth-order valence-corrected chi connectivity index (χ4v) is 5.03. The Morgan fingerprint density at radius 3 is 1.98 bits per heavy atom. The Balaban J connectivity index is 2.59. The van der Waals surface area contributed by atoms with E-state index >= 15 is 0 Å². The number of carbonyl (C=O) groups excluding carboxylic acids is 1. The highest BCUT2D eigenvalue weighted by Gasteiger charge is 2.44. The van der Waals surface area contributed by atoms with Crippen LogP contribution in [0.25, 0.3) is 0 Å². The summed E-state index contributed by atoms with van der Waals surface area (Å²) in [5.74, 6) is -0.202. The van der Waals surface area contributed by atoms with E-state index in [1.165, 1.54) is 70.6 Å². The van der Waals surface area contributed by atoms with Gasteiger partial charge in [-0.05, 0) is 19.3 Å². The van der Waals surface area contributed by atoms with Gasteiger partial charge in [-0.2, -0.15) is 0 Å². The number of amides is 1. The summed E-state index contributed by atoms with van der Waals surface area (Å²) in [6.45, 7) is 3.64. The molecule has 1 saturated heterocycles. The monoisotopic (exact) mass is 599 g/mol. The standard InChI is InChI=1S/C33H61NO8/c1-3-5-7-9-11-13-15-16-18-20-22-27(36)26(25-41-33-32(40)31(39)30(38)28(24-35)42-33)34-29(37)23-21-19-17-14-12-10-8-6-4-2/h16,18,20,22,26-28,30-33,35-36,38-40H,3-15,17,19,21,23-25H2,1-2H3,(H,34,37)/b18-16+,22-20+/t26-,27+,28+,30+,31?,32?,33+/m0/s1. The molecule has 1 aliphatic heterocycles. The zero-order valence-electron chi connectivity index (χ0n) is 26.2. The second-order valence-corrected chi connectivity index (χ2v) is 11.6. The predicted octanol–water partition coefficient (Wildman–Crippen LogP) is 4.43. The lowest BCUT2D eigenvalue weighted by atomic mass is 9.99. The van der Waals surface area contributed by atoms with Gasteiger partial charge in [-0.3, -0.25) is 4.79 Å².